The highest BCUT2D eigenvalue weighted by Gasteiger charge is 2.50. The van der Waals surface area contributed by atoms with Crippen molar-refractivity contribution in [3.8, 4) is 0 Å². The number of halogens is 3. The number of thioether (sulfide) groups is 1. The number of nitrogens with one attached hydrogen (secondary N) is 1. The van der Waals surface area contributed by atoms with Crippen molar-refractivity contribution in [2.45, 2.75) is 65.4 Å². The Balaban J connectivity index is 1.59. The number of likely N-dealkylation sites (N-methyl/N-ethyl adjacent to an activating group) is 1. The number of rotatable bonds is 17. The number of sulfonamides is 1. The molecule has 0 aliphatic carbocycles. The lowest BCUT2D eigenvalue weighted by atomic mass is 10.2. The van der Waals surface area contributed by atoms with Crippen LogP contribution in [0.4, 0.5) is 18.9 Å². The molecule has 282 valence electrons. The van der Waals surface area contributed by atoms with Crippen LogP contribution in [0.5, 0.6) is 0 Å². The van der Waals surface area contributed by atoms with Gasteiger partial charge in [0.15, 0.2) is 0 Å². The summed E-state index contributed by atoms with van der Waals surface area (Å²) in [7, 11) is -13.2. The molecule has 0 radical (unpaired) electrons. The zero-order chi connectivity index (χ0) is 38.2. The Morgan fingerprint density at radius 1 is 0.827 bits per heavy atom. The molecule has 0 aromatic heterocycles. The van der Waals surface area contributed by atoms with Gasteiger partial charge in [-0.2, -0.15) is 13.2 Å². The van der Waals surface area contributed by atoms with E-state index >= 15 is 0 Å². The van der Waals surface area contributed by atoms with E-state index in [9.17, 15) is 30.0 Å². The maximum absolute atomic E-state index is 13.8. The van der Waals surface area contributed by atoms with Crippen LogP contribution in [-0.2, 0) is 24.3 Å². The molecule has 4 aromatic carbocycles. The Morgan fingerprint density at radius 3 is 1.85 bits per heavy atom. The zero-order valence-corrected chi connectivity index (χ0v) is 33.1. The highest BCUT2D eigenvalue weighted by Crippen LogP contribution is 2.38. The lowest BCUT2D eigenvalue weighted by Crippen LogP contribution is -2.67. The van der Waals surface area contributed by atoms with Gasteiger partial charge in [-0.1, -0.05) is 107 Å². The first-order chi connectivity index (χ1) is 24.4. The van der Waals surface area contributed by atoms with Crippen molar-refractivity contribution < 1.29 is 34.4 Å². The van der Waals surface area contributed by atoms with Gasteiger partial charge < -0.3 is 14.6 Å². The summed E-state index contributed by atoms with van der Waals surface area (Å²) in [5.74, 6) is 0.378. The smallest absolute Gasteiger partial charge is 0.406 e. The fourth-order valence-electron chi connectivity index (χ4n) is 6.13. The number of nitrogens with two attached hydrogens (primary N) is 1. The monoisotopic (exact) mass is 793 g/mol. The zero-order valence-electron chi connectivity index (χ0n) is 29.6. The summed E-state index contributed by atoms with van der Waals surface area (Å²) >= 11 is 1.46. The van der Waals surface area contributed by atoms with Crippen LogP contribution in [0.2, 0.25) is 5.04 Å². The van der Waals surface area contributed by atoms with Gasteiger partial charge in [-0.3, -0.25) is 0 Å². The summed E-state index contributed by atoms with van der Waals surface area (Å²) in [6.07, 6.45) is 0.426. The van der Waals surface area contributed by atoms with Crippen LogP contribution in [0.15, 0.2) is 124 Å². The van der Waals surface area contributed by atoms with Gasteiger partial charge in [-0.05, 0) is 58.7 Å². The lowest BCUT2D eigenvalue weighted by Gasteiger charge is -2.43. The highest BCUT2D eigenvalue weighted by atomic mass is 32.2. The van der Waals surface area contributed by atoms with Crippen LogP contribution in [0.1, 0.15) is 34.1 Å². The fourth-order valence-corrected chi connectivity index (χ4v) is 13.2. The van der Waals surface area contributed by atoms with Crippen molar-refractivity contribution in [3.63, 3.8) is 0 Å². The van der Waals surface area contributed by atoms with Crippen LogP contribution in [-0.4, -0.2) is 73.6 Å². The molecule has 8 nitrogen and oxygen atoms in total. The first kappa shape index (κ1) is 41.6. The van der Waals surface area contributed by atoms with Gasteiger partial charge in [0.05, 0.1) is 10.6 Å². The minimum Gasteiger partial charge on any atom is -0.406 e. The van der Waals surface area contributed by atoms with Crippen LogP contribution < -0.4 is 20.8 Å². The molecule has 0 amide bonds. The van der Waals surface area contributed by atoms with E-state index in [1.807, 2.05) is 73.7 Å². The van der Waals surface area contributed by atoms with Gasteiger partial charge in [-0.25, -0.2) is 22.0 Å². The molecule has 0 aliphatic rings. The van der Waals surface area contributed by atoms with Crippen molar-refractivity contribution in [2.75, 3.05) is 37.3 Å². The van der Waals surface area contributed by atoms with Gasteiger partial charge in [-0.15, -0.1) is 11.8 Å². The lowest BCUT2D eigenvalue weighted by molar-refractivity contribution is -0.0435. The molecule has 0 aliphatic heterocycles. The molecule has 0 saturated carbocycles. The fraction of sp³-hybridized carbons (Fsp3) is 0.351. The molecule has 0 saturated heterocycles. The SMILES string of the molecule is CCN(CCO[Si](c1ccccc1)(c1ccccc1)C(C)(C)C)CCC(CSc1ccccc1)Nc1ccc(S(N)(=O)=O)cc1S(=O)(=O)C(F)(F)F. The molecule has 0 spiro atoms. The van der Waals surface area contributed by atoms with E-state index in [-0.39, 0.29) is 10.7 Å². The Hall–Kier alpha value is -3.18. The Morgan fingerprint density at radius 2 is 1.37 bits per heavy atom. The summed E-state index contributed by atoms with van der Waals surface area (Å²) in [5.41, 5.74) is -6.03. The van der Waals surface area contributed by atoms with E-state index in [1.54, 1.807) is 0 Å². The van der Waals surface area contributed by atoms with Gasteiger partial charge in [0.2, 0.25) is 10.0 Å². The molecule has 3 N–H and O–H groups in total. The van der Waals surface area contributed by atoms with Gasteiger partial charge >= 0.3 is 5.51 Å². The van der Waals surface area contributed by atoms with E-state index < -0.39 is 49.5 Å². The number of hydrogen-bond acceptors (Lipinski definition) is 8. The Kier molecular flexibility index (Phi) is 13.8. The molecular formula is C37H46F3N3O5S3Si. The van der Waals surface area contributed by atoms with E-state index in [2.05, 4.69) is 55.3 Å². The van der Waals surface area contributed by atoms with Gasteiger partial charge in [0, 0.05) is 36.4 Å². The number of hydrogen-bond donors (Lipinski definition) is 2. The average Bonchev–Trinajstić information content (AvgIpc) is 3.10. The summed E-state index contributed by atoms with van der Waals surface area (Å²) in [5, 5.41) is 10.3. The van der Waals surface area contributed by atoms with Crippen LogP contribution >= 0.6 is 11.8 Å². The summed E-state index contributed by atoms with van der Waals surface area (Å²) in [6.45, 7) is 10.8. The Bertz CT molecular complexity index is 1930. The number of benzene rings is 4. The third kappa shape index (κ3) is 10.1. The van der Waals surface area contributed by atoms with E-state index in [1.165, 1.54) is 11.8 Å². The predicted octanol–water partition coefficient (Wildman–Crippen LogP) is 6.49. The standard InChI is InChI=1S/C37H46F3N3O5S3Si/c1-5-43(25-26-48-52(36(2,3)4,32-17-11-7-12-18-32)33-19-13-8-14-20-33)24-23-29(28-49-30-15-9-6-10-16-30)42-34-22-21-31(51(41,46)47)27-35(34)50(44,45)37(38,39)40/h6-22,27,29,42H,5,23-26,28H2,1-4H3,(H2,41,46,47). The molecule has 1 unspecified atom stereocenters. The molecule has 0 bridgehead atoms. The number of sulfone groups is 1. The predicted molar refractivity (Wildman–Crippen MR) is 206 cm³/mol. The van der Waals surface area contributed by atoms with Crippen molar-refractivity contribution in [1.82, 2.24) is 4.90 Å². The minimum absolute atomic E-state index is 0.205. The summed E-state index contributed by atoms with van der Waals surface area (Å²) in [4.78, 5) is 1.17. The molecule has 4 aromatic rings. The van der Waals surface area contributed by atoms with E-state index in [0.29, 0.717) is 44.5 Å². The maximum Gasteiger partial charge on any atom is 0.501 e. The average molecular weight is 794 g/mol. The van der Waals surface area contributed by atoms with Crippen molar-refractivity contribution >= 4 is 56.0 Å². The molecule has 0 fully saturated rings. The van der Waals surface area contributed by atoms with Gasteiger partial charge in [0.25, 0.3) is 18.2 Å². The third-order valence-corrected chi connectivity index (χ3v) is 17.5. The molecule has 15 heteroatoms. The second kappa shape index (κ2) is 17.3. The molecular weight excluding hydrogens is 748 g/mol. The molecule has 1 atom stereocenters. The quantitative estimate of drug-likeness (QED) is 0.0921. The second-order valence-corrected chi connectivity index (χ2v) is 22.2. The first-order valence-electron chi connectivity index (χ1n) is 16.8. The van der Waals surface area contributed by atoms with E-state index in [4.69, 9.17) is 9.56 Å². The highest BCUT2D eigenvalue weighted by molar-refractivity contribution is 7.99. The Labute approximate surface area is 311 Å². The number of anilines is 1. The molecule has 52 heavy (non-hydrogen) atoms. The van der Waals surface area contributed by atoms with E-state index in [0.717, 1.165) is 27.4 Å². The number of primary sulfonamides is 1. The number of alkyl halides is 3. The first-order valence-corrected chi connectivity index (χ1v) is 22.7. The summed E-state index contributed by atoms with van der Waals surface area (Å²) < 4.78 is 97.8. The number of nitrogens with zero attached hydrogens (tertiary/aromatic N) is 1. The van der Waals surface area contributed by atoms with Crippen molar-refractivity contribution in [1.29, 1.82) is 0 Å². The molecule has 4 rings (SSSR count). The minimum atomic E-state index is -5.93. The normalized spacial score (nSPS) is 13.6. The summed E-state index contributed by atoms with van der Waals surface area (Å²) in [6, 6.07) is 32.0. The van der Waals surface area contributed by atoms with Crippen LogP contribution in [0.25, 0.3) is 0 Å². The largest absolute Gasteiger partial charge is 0.501 e. The van der Waals surface area contributed by atoms with Crippen LogP contribution in [0, 0.1) is 0 Å². The third-order valence-electron chi connectivity index (χ3n) is 8.81. The van der Waals surface area contributed by atoms with Crippen molar-refractivity contribution in [3.05, 3.63) is 109 Å². The van der Waals surface area contributed by atoms with Crippen molar-refractivity contribution in [2.24, 2.45) is 5.14 Å². The maximum atomic E-state index is 13.8. The molecule has 0 heterocycles. The topological polar surface area (TPSA) is 119 Å². The second-order valence-electron chi connectivity index (χ2n) is 13.4. The van der Waals surface area contributed by atoms with Crippen LogP contribution in [0.3, 0.4) is 0 Å². The van der Waals surface area contributed by atoms with Gasteiger partial charge in [0.1, 0.15) is 4.90 Å².